The number of hydrogen-bond donors (Lipinski definition) is 2. The van der Waals surface area contributed by atoms with Gasteiger partial charge >= 0.3 is 5.97 Å². The van der Waals surface area contributed by atoms with Crippen LogP contribution in [0.3, 0.4) is 0 Å². The minimum Gasteiger partial charge on any atom is -0.497 e. The maximum Gasteiger partial charge on any atom is 0.341 e. The van der Waals surface area contributed by atoms with Crippen molar-refractivity contribution in [3.05, 3.63) is 45.8 Å². The lowest BCUT2D eigenvalue weighted by Gasteiger charge is -2.18. The summed E-state index contributed by atoms with van der Waals surface area (Å²) in [4.78, 5) is 13.9. The van der Waals surface area contributed by atoms with Gasteiger partial charge in [0.05, 0.1) is 25.3 Å². The fourth-order valence-electron chi connectivity index (χ4n) is 3.56. The van der Waals surface area contributed by atoms with Crippen LogP contribution < -0.4 is 15.4 Å². The molecule has 3 rings (SSSR count). The zero-order valence-electron chi connectivity index (χ0n) is 17.2. The highest BCUT2D eigenvalue weighted by molar-refractivity contribution is 7.80. The minimum atomic E-state index is -0.264. The third kappa shape index (κ3) is 5.28. The molecule has 0 radical (unpaired) electrons. The van der Waals surface area contributed by atoms with Gasteiger partial charge in [0.15, 0.2) is 5.11 Å². The Hall–Kier alpha value is -2.12. The van der Waals surface area contributed by atoms with Crippen LogP contribution in [-0.4, -0.2) is 24.8 Å². The zero-order chi connectivity index (χ0) is 20.8. The molecule has 1 aromatic heterocycles. The Kier molecular flexibility index (Phi) is 7.50. The van der Waals surface area contributed by atoms with Crippen molar-refractivity contribution in [2.75, 3.05) is 19.0 Å². The first-order valence-electron chi connectivity index (χ1n) is 10.1. The van der Waals surface area contributed by atoms with Crippen LogP contribution in [0.15, 0.2) is 24.3 Å². The van der Waals surface area contributed by atoms with E-state index in [2.05, 4.69) is 10.6 Å². The SMILES string of the molecule is CCOC(=O)c1c(NC(=S)NC(C)c2ccc(OC)cc2)sc2c1CCCCC2. The number of thiophene rings is 1. The van der Waals surface area contributed by atoms with Gasteiger partial charge in [0.25, 0.3) is 0 Å². The third-order valence-electron chi connectivity index (χ3n) is 5.09. The molecule has 2 aromatic rings. The van der Waals surface area contributed by atoms with E-state index in [9.17, 15) is 4.79 Å². The quantitative estimate of drug-likeness (QED) is 0.369. The molecule has 0 bridgehead atoms. The number of thiocarbonyl (C=S) groups is 1. The summed E-state index contributed by atoms with van der Waals surface area (Å²) in [5.74, 6) is 0.557. The molecule has 0 amide bonds. The number of carbonyl (C=O) groups excluding carboxylic acids is 1. The number of rotatable bonds is 6. The molecule has 1 aliphatic rings. The van der Waals surface area contributed by atoms with Crippen LogP contribution >= 0.6 is 23.6 Å². The molecule has 2 N–H and O–H groups in total. The predicted octanol–water partition coefficient (Wildman–Crippen LogP) is 5.25. The molecule has 5 nitrogen and oxygen atoms in total. The highest BCUT2D eigenvalue weighted by atomic mass is 32.1. The summed E-state index contributed by atoms with van der Waals surface area (Å²) < 4.78 is 10.6. The van der Waals surface area contributed by atoms with E-state index in [1.54, 1.807) is 18.4 Å². The first kappa shape index (κ1) is 21.6. The second-order valence-electron chi connectivity index (χ2n) is 7.08. The number of fused-ring (bicyclic) bond motifs is 1. The van der Waals surface area contributed by atoms with Gasteiger partial charge in [-0.2, -0.15) is 0 Å². The second kappa shape index (κ2) is 10.1. The highest BCUT2D eigenvalue weighted by Gasteiger charge is 2.26. The smallest absolute Gasteiger partial charge is 0.341 e. The van der Waals surface area contributed by atoms with Crippen LogP contribution in [-0.2, 0) is 17.6 Å². The molecule has 0 spiro atoms. The Balaban J connectivity index is 1.75. The highest BCUT2D eigenvalue weighted by Crippen LogP contribution is 2.38. The average molecular weight is 433 g/mol. The maximum absolute atomic E-state index is 12.7. The van der Waals surface area contributed by atoms with Gasteiger partial charge in [-0.1, -0.05) is 18.6 Å². The number of nitrogens with one attached hydrogen (secondary N) is 2. The molecule has 0 saturated carbocycles. The molecule has 0 aliphatic heterocycles. The molecule has 0 saturated heterocycles. The molecule has 1 heterocycles. The number of aryl methyl sites for hydroxylation is 1. The molecular formula is C22H28N2O3S2. The van der Waals surface area contributed by atoms with Crippen LogP contribution in [0.25, 0.3) is 0 Å². The van der Waals surface area contributed by atoms with E-state index >= 15 is 0 Å². The van der Waals surface area contributed by atoms with E-state index < -0.39 is 0 Å². The second-order valence-corrected chi connectivity index (χ2v) is 8.60. The molecule has 1 unspecified atom stereocenters. The van der Waals surface area contributed by atoms with Crippen molar-refractivity contribution in [2.24, 2.45) is 0 Å². The number of methoxy groups -OCH3 is 1. The fourth-order valence-corrected chi connectivity index (χ4v) is 5.19. The number of hydrogen-bond acceptors (Lipinski definition) is 5. The lowest BCUT2D eigenvalue weighted by Crippen LogP contribution is -2.31. The van der Waals surface area contributed by atoms with Gasteiger partial charge in [0, 0.05) is 4.88 Å². The first-order chi connectivity index (χ1) is 14.0. The van der Waals surface area contributed by atoms with Gasteiger partial charge in [-0.05, 0) is 75.0 Å². The summed E-state index contributed by atoms with van der Waals surface area (Å²) in [6.45, 7) is 4.24. The molecule has 156 valence electrons. The number of benzene rings is 1. The largest absolute Gasteiger partial charge is 0.497 e. The fraction of sp³-hybridized carbons (Fsp3) is 0.455. The normalized spacial score (nSPS) is 14.3. The molecule has 1 atom stereocenters. The Labute approximate surface area is 181 Å². The van der Waals surface area contributed by atoms with Gasteiger partial charge in [-0.25, -0.2) is 4.79 Å². The van der Waals surface area contributed by atoms with E-state index in [0.717, 1.165) is 47.6 Å². The minimum absolute atomic E-state index is 0.0183. The number of anilines is 1. The number of esters is 1. The molecule has 1 aliphatic carbocycles. The number of carbonyl (C=O) groups is 1. The lowest BCUT2D eigenvalue weighted by molar-refractivity contribution is 0.0527. The monoisotopic (exact) mass is 432 g/mol. The van der Waals surface area contributed by atoms with Gasteiger partial charge in [0.1, 0.15) is 10.8 Å². The van der Waals surface area contributed by atoms with Crippen molar-refractivity contribution >= 4 is 39.6 Å². The maximum atomic E-state index is 12.7. The molecule has 29 heavy (non-hydrogen) atoms. The molecule has 0 fully saturated rings. The summed E-state index contributed by atoms with van der Waals surface area (Å²) in [5.41, 5.74) is 2.90. The van der Waals surface area contributed by atoms with E-state index in [1.807, 2.05) is 38.1 Å². The van der Waals surface area contributed by atoms with Crippen LogP contribution in [0.2, 0.25) is 0 Å². The topological polar surface area (TPSA) is 59.6 Å². The van der Waals surface area contributed by atoms with Crippen molar-refractivity contribution in [1.82, 2.24) is 5.32 Å². The Morgan fingerprint density at radius 3 is 2.62 bits per heavy atom. The standard InChI is InChI=1S/C22H28N2O3S2/c1-4-27-21(25)19-17-8-6-5-7-9-18(17)29-20(19)24-22(28)23-14(2)15-10-12-16(26-3)13-11-15/h10-14H,4-9H2,1-3H3,(H2,23,24,28). The Bertz CT molecular complexity index is 862. The molecule has 7 heteroatoms. The van der Waals surface area contributed by atoms with E-state index in [4.69, 9.17) is 21.7 Å². The van der Waals surface area contributed by atoms with Crippen molar-refractivity contribution in [3.63, 3.8) is 0 Å². The first-order valence-corrected chi connectivity index (χ1v) is 11.3. The third-order valence-corrected chi connectivity index (χ3v) is 6.52. The van der Waals surface area contributed by atoms with Crippen LogP contribution in [0.4, 0.5) is 5.00 Å². The van der Waals surface area contributed by atoms with E-state index in [0.29, 0.717) is 17.3 Å². The Morgan fingerprint density at radius 2 is 1.93 bits per heavy atom. The zero-order valence-corrected chi connectivity index (χ0v) is 18.8. The summed E-state index contributed by atoms with van der Waals surface area (Å²) in [6, 6.07) is 7.90. The van der Waals surface area contributed by atoms with Crippen LogP contribution in [0.5, 0.6) is 5.75 Å². The van der Waals surface area contributed by atoms with Gasteiger partial charge < -0.3 is 20.1 Å². The van der Waals surface area contributed by atoms with E-state index in [-0.39, 0.29) is 12.0 Å². The van der Waals surface area contributed by atoms with Gasteiger partial charge in [-0.15, -0.1) is 11.3 Å². The van der Waals surface area contributed by atoms with Gasteiger partial charge in [-0.3, -0.25) is 0 Å². The van der Waals surface area contributed by atoms with Crippen LogP contribution in [0.1, 0.15) is 65.5 Å². The predicted molar refractivity (Wildman–Crippen MR) is 122 cm³/mol. The average Bonchev–Trinajstić information content (AvgIpc) is 2.88. The number of ether oxygens (including phenoxy) is 2. The van der Waals surface area contributed by atoms with Crippen molar-refractivity contribution in [2.45, 2.75) is 52.0 Å². The summed E-state index contributed by atoms with van der Waals surface area (Å²) in [6.07, 6.45) is 5.39. The van der Waals surface area contributed by atoms with Crippen molar-refractivity contribution in [1.29, 1.82) is 0 Å². The summed E-state index contributed by atoms with van der Waals surface area (Å²) >= 11 is 7.18. The summed E-state index contributed by atoms with van der Waals surface area (Å²) in [5, 5.41) is 7.85. The lowest BCUT2D eigenvalue weighted by atomic mass is 10.1. The van der Waals surface area contributed by atoms with Crippen molar-refractivity contribution < 1.29 is 14.3 Å². The van der Waals surface area contributed by atoms with Crippen LogP contribution in [0, 0.1) is 0 Å². The Morgan fingerprint density at radius 1 is 1.21 bits per heavy atom. The van der Waals surface area contributed by atoms with Crippen molar-refractivity contribution in [3.8, 4) is 5.75 Å². The molecular weight excluding hydrogens is 404 g/mol. The molecule has 1 aromatic carbocycles. The van der Waals surface area contributed by atoms with Gasteiger partial charge in [0.2, 0.25) is 0 Å². The summed E-state index contributed by atoms with van der Waals surface area (Å²) in [7, 11) is 1.65. The van der Waals surface area contributed by atoms with E-state index in [1.165, 1.54) is 11.3 Å².